The number of aliphatic hydroxyl groups is 30. The maximum Gasteiger partial charge on any atom is 0.364 e. The van der Waals surface area contributed by atoms with Crippen LogP contribution in [0.5, 0.6) is 0 Å². The SMILES string of the molecule is CC(=O)N[C@H]1[C@H](O[C@H]2[C@H](O)[C@@H](NC(C)=O)C(O)O[C@@H]2CO)O[C@H](CO)[C@@H](O[C@@H]2O[C@H](CO[C@H]3O[C@H](CO)[C@@H](O)[C@H](O)[C@@H]3O[C@@H]3O[C@H](CO)[C@@H](O[C@@H]4O[C@H](CO)[C@H](O)[C@H](O[C@]5(C(=O)O)C[C@H](O)[C@@H](NC(C)=O)[C@H]([C@H](O)[C@H](O)CO)O5)[C@H]4O)[C@H](O)[C@H]3NC(C)=O)[C@@H](O)[C@H](O[C@H]3O[C@H](CO)[C@@H](O)[C@H](O)[C@@H]3O[C@@H]3O[C@H](CO)[C@@H](O[C@@H]4O[C@H](CO)[C@H](O)[C@H](O)[C@H]4O)[C@H](O[C@@H]4O[C@@H](C)[C@@H](O)[C@@H](O)[C@@H]4O)[C@H]3NC(C)=O)[C@@H]2O)[C@@H]1O. The number of carbonyl (C=O) groups is 6. The van der Waals surface area contributed by atoms with Crippen LogP contribution in [0.1, 0.15) is 48.0 Å². The van der Waals surface area contributed by atoms with E-state index in [1.165, 1.54) is 6.92 Å². The van der Waals surface area contributed by atoms with Gasteiger partial charge >= 0.3 is 5.97 Å². The highest BCUT2D eigenvalue weighted by Gasteiger charge is 2.65. The molecule has 63 heteroatoms. The van der Waals surface area contributed by atoms with Gasteiger partial charge in [-0.1, -0.05) is 0 Å². The van der Waals surface area contributed by atoms with Crippen molar-refractivity contribution in [1.82, 2.24) is 26.6 Å². The fourth-order valence-electron chi connectivity index (χ4n) is 18.5. The van der Waals surface area contributed by atoms with E-state index >= 15 is 0 Å². The van der Waals surface area contributed by atoms with E-state index in [2.05, 4.69) is 26.6 Å². The van der Waals surface area contributed by atoms with E-state index in [1.54, 1.807) is 0 Å². The normalized spacial score (nSPS) is 48.0. The van der Waals surface area contributed by atoms with E-state index in [4.69, 9.17) is 99.5 Å². The summed E-state index contributed by atoms with van der Waals surface area (Å²) in [6.45, 7) is -6.54. The number of carboxylic acids is 1. The molecule has 11 saturated heterocycles. The van der Waals surface area contributed by atoms with Crippen molar-refractivity contribution >= 4 is 35.5 Å². The van der Waals surface area contributed by atoms with Crippen molar-refractivity contribution in [1.29, 1.82) is 0 Å². The topological polar surface area (TPSA) is 984 Å². The van der Waals surface area contributed by atoms with Crippen molar-refractivity contribution in [2.75, 3.05) is 66.1 Å². The molecule has 820 valence electrons. The molecule has 11 fully saturated rings. The van der Waals surface area contributed by atoms with Crippen LogP contribution in [0.25, 0.3) is 0 Å². The number of amides is 5. The molecule has 63 nitrogen and oxygen atoms in total. The molecule has 0 radical (unpaired) electrons. The van der Waals surface area contributed by atoms with Crippen LogP contribution in [0, 0.1) is 0 Å². The Kier molecular flexibility index (Phi) is 41.7. The Labute approximate surface area is 803 Å². The van der Waals surface area contributed by atoms with Crippen LogP contribution >= 0.6 is 0 Å². The van der Waals surface area contributed by atoms with Gasteiger partial charge in [0.15, 0.2) is 62.9 Å². The van der Waals surface area contributed by atoms with E-state index < -0.39 is 451 Å². The third-order valence-electron chi connectivity index (χ3n) is 25.9. The van der Waals surface area contributed by atoms with Gasteiger partial charge in [0.2, 0.25) is 29.5 Å². The van der Waals surface area contributed by atoms with Gasteiger partial charge in [-0.15, -0.1) is 0 Å². The summed E-state index contributed by atoms with van der Waals surface area (Å²) in [4.78, 5) is 78.0. The average molecular weight is 2080 g/mol. The van der Waals surface area contributed by atoms with Crippen molar-refractivity contribution in [3.8, 4) is 0 Å². The minimum absolute atomic E-state index is 0.830. The largest absolute Gasteiger partial charge is 0.477 e. The predicted octanol–water partition coefficient (Wildman–Crippen LogP) is -24.0. The third kappa shape index (κ3) is 25.6. The zero-order valence-corrected chi connectivity index (χ0v) is 76.4. The molecule has 0 aromatic heterocycles. The Hall–Kier alpha value is -5.22. The molecule has 11 aliphatic heterocycles. The molecule has 0 aliphatic carbocycles. The van der Waals surface area contributed by atoms with Gasteiger partial charge in [0.1, 0.15) is 256 Å². The van der Waals surface area contributed by atoms with Crippen molar-refractivity contribution in [2.45, 2.75) is 391 Å². The summed E-state index contributed by atoms with van der Waals surface area (Å²) in [5.74, 6) is -10.4. The van der Waals surface area contributed by atoms with E-state index in [9.17, 15) is 187 Å². The number of nitrogens with one attached hydrogen (secondary N) is 5. The van der Waals surface area contributed by atoms with Crippen LogP contribution in [0.4, 0.5) is 0 Å². The summed E-state index contributed by atoms with van der Waals surface area (Å²) >= 11 is 0. The van der Waals surface area contributed by atoms with Gasteiger partial charge in [-0.3, -0.25) is 24.0 Å². The molecule has 11 rings (SSSR count). The summed E-state index contributed by atoms with van der Waals surface area (Å²) in [6, 6.07) is -9.76. The Morgan fingerprint density at radius 3 is 1.09 bits per heavy atom. The Morgan fingerprint density at radius 2 is 0.627 bits per heavy atom. The molecule has 56 atom stereocenters. The fraction of sp³-hybridized carbons (Fsp3) is 0.924. The highest BCUT2D eigenvalue weighted by molar-refractivity contribution is 5.77. The maximum atomic E-state index is 13.6. The minimum Gasteiger partial charge on any atom is -0.477 e. The first kappa shape index (κ1) is 117. The highest BCUT2D eigenvalue weighted by atomic mass is 16.8. The van der Waals surface area contributed by atoms with Gasteiger partial charge in [-0.25, -0.2) is 4.79 Å². The third-order valence-corrected chi connectivity index (χ3v) is 25.9. The lowest BCUT2D eigenvalue weighted by Crippen LogP contribution is -2.71. The van der Waals surface area contributed by atoms with E-state index in [1.807, 2.05) is 0 Å². The summed E-state index contributed by atoms with van der Waals surface area (Å²) < 4.78 is 126. The number of aliphatic carboxylic acids is 1. The van der Waals surface area contributed by atoms with Gasteiger partial charge in [0.25, 0.3) is 5.79 Å². The number of ether oxygens (including phenoxy) is 21. The van der Waals surface area contributed by atoms with Crippen LogP contribution in [0.3, 0.4) is 0 Å². The van der Waals surface area contributed by atoms with E-state index in [-0.39, 0.29) is 0 Å². The predicted molar refractivity (Wildman–Crippen MR) is 436 cm³/mol. The zero-order chi connectivity index (χ0) is 105. The van der Waals surface area contributed by atoms with Crippen LogP contribution in [0.15, 0.2) is 0 Å². The lowest BCUT2D eigenvalue weighted by atomic mass is 9.88. The number of rotatable bonds is 38. The van der Waals surface area contributed by atoms with Crippen LogP contribution in [0.2, 0.25) is 0 Å². The molecule has 5 amide bonds. The lowest BCUT2D eigenvalue weighted by molar-refractivity contribution is -0.403. The molecule has 0 aromatic rings. The van der Waals surface area contributed by atoms with Gasteiger partial charge in [-0.05, 0) is 6.92 Å². The molecule has 36 N–H and O–H groups in total. The monoisotopic (exact) mass is 2080 g/mol. The molecule has 0 saturated carbocycles. The molecule has 11 heterocycles. The number of hydrogen-bond acceptors (Lipinski definition) is 57. The van der Waals surface area contributed by atoms with E-state index in [0.717, 1.165) is 34.6 Å². The molecular weight excluding hydrogens is 1950 g/mol. The lowest BCUT2D eigenvalue weighted by Gasteiger charge is -2.52. The second-order valence-corrected chi connectivity index (χ2v) is 35.9. The Balaban J connectivity index is 0.933. The quantitative estimate of drug-likeness (QED) is 0.0273. The second-order valence-electron chi connectivity index (χ2n) is 35.9. The number of carboxylic acid groups (broad SMARTS) is 1. The van der Waals surface area contributed by atoms with Gasteiger partial charge in [-0.2, -0.15) is 0 Å². The molecule has 142 heavy (non-hydrogen) atoms. The number of aliphatic hydroxyl groups excluding tert-OH is 30. The molecule has 1 unspecified atom stereocenters. The van der Waals surface area contributed by atoms with Gasteiger partial charge < -0.3 is 284 Å². The second kappa shape index (κ2) is 50.6. The zero-order valence-electron chi connectivity index (χ0n) is 76.4. The summed E-state index contributed by atoms with van der Waals surface area (Å²) in [7, 11) is 0. The average Bonchev–Trinajstić information content (AvgIpc) is 0.752. The summed E-state index contributed by atoms with van der Waals surface area (Å²) in [5.41, 5.74) is 0. The first-order valence-corrected chi connectivity index (χ1v) is 45.1. The smallest absolute Gasteiger partial charge is 0.364 e. The molecular formula is C79H131N5O58. The first-order chi connectivity index (χ1) is 67.0. The van der Waals surface area contributed by atoms with Crippen LogP contribution < -0.4 is 26.6 Å². The maximum absolute atomic E-state index is 13.6. The fourth-order valence-corrected chi connectivity index (χ4v) is 18.5. The minimum atomic E-state index is -3.34. The Bertz CT molecular complexity index is 4010. The van der Waals surface area contributed by atoms with E-state index in [0.29, 0.717) is 0 Å². The highest BCUT2D eigenvalue weighted by Crippen LogP contribution is 2.44. The molecule has 0 spiro atoms. The van der Waals surface area contributed by atoms with Gasteiger partial charge in [0.05, 0.1) is 84.3 Å². The van der Waals surface area contributed by atoms with Crippen LogP contribution in [-0.2, 0) is 128 Å². The van der Waals surface area contributed by atoms with Crippen LogP contribution in [-0.4, -0.2) is 603 Å². The van der Waals surface area contributed by atoms with Gasteiger partial charge in [0, 0.05) is 41.0 Å². The van der Waals surface area contributed by atoms with Crippen molar-refractivity contribution in [3.05, 3.63) is 0 Å². The first-order valence-electron chi connectivity index (χ1n) is 45.1. The van der Waals surface area contributed by atoms with Crippen molar-refractivity contribution < 1.29 is 287 Å². The Morgan fingerprint density at radius 1 is 0.303 bits per heavy atom. The number of hydrogen-bond donors (Lipinski definition) is 36. The number of carbonyl (C=O) groups excluding carboxylic acids is 5. The molecule has 0 aromatic carbocycles. The summed E-state index contributed by atoms with van der Waals surface area (Å²) in [6.07, 6.45) is -112. The van der Waals surface area contributed by atoms with Crippen molar-refractivity contribution in [2.24, 2.45) is 0 Å². The van der Waals surface area contributed by atoms with Crippen molar-refractivity contribution in [3.63, 3.8) is 0 Å². The summed E-state index contributed by atoms with van der Waals surface area (Å²) in [5, 5.41) is 362. The molecule has 0 bridgehead atoms. The molecule has 11 aliphatic rings. The standard InChI is InChI=1S/C79H131N5O58/c1-18-40(101)50(111)54(115)72(123-18)137-63-39(84-23(6)98)71(131-33(16-93)61(63)136-73-55(116)51(112)42(103)26(9-86)125-73)140-67-53(114)44(105)28(11-88)128-77(67)138-64-46(107)34(132-74(56(64)117)134-59-31(14-91)129-69(37(48(59)109)82-21(4)96)133-58-30(13-90)124-68(119)36(47(58)108)81-20(3)95)17-122-76-66(52(113)43(104)27(10-87)127-76)139-70-38(83-22(5)97)49(110)60(32(15-92)130-70)135-75-57(118)65(45(106)29(12-89)126-75)142-79(78(120)121)7-24(99)35(80-19(2)94)62(141-79)41(102)25(100)8-85/h18,24-77,85-93,99-119H,7-17H2,1-6H3,(H,80,94)(H,81,95)(H,82,96)(H,83,97)(H,84,98)(H,120,121)/t18-,24-,25+,26+,27+,28+,29+,30+,31+,32+,33+,34+,35+,36+,37+,38+,39+,40+,41+,42-,43+,44+,45-,46+,47+,48+,49+,50+,51-,52-,53-,54-,55+,56-,57+,58+,59+,60+,61+,62+,63+,64-,65-,66-,67-,68?,69-,70-,71-,72-,73-,74-,75-,76-,77+,79-/m0/s1.